The van der Waals surface area contributed by atoms with Crippen LogP contribution in [0, 0.1) is 0 Å². The van der Waals surface area contributed by atoms with Gasteiger partial charge in [-0.1, -0.05) is 59.6 Å². The van der Waals surface area contributed by atoms with Crippen LogP contribution in [0.5, 0.6) is 5.75 Å². The summed E-state index contributed by atoms with van der Waals surface area (Å²) in [5.41, 5.74) is 2.01. The molecular weight excluding hydrogens is 466 g/mol. The van der Waals surface area contributed by atoms with E-state index < -0.39 is 0 Å². The fraction of sp³-hybridized carbons (Fsp3) is 0.273. The summed E-state index contributed by atoms with van der Waals surface area (Å²) in [5, 5.41) is 19.0. The molecule has 164 valence electrons. The lowest BCUT2D eigenvalue weighted by Gasteiger charge is -2.16. The number of rotatable bonds is 10. The number of benzene rings is 3. The standard InChI is InChI=1S/C22H24Cl2N2O2.2ClH/c23-18-7-5-17(21(24)13-18)15-28-22-8-6-16-3-1-2-4-19(16)20(22)14-26-10-9-25-11-12-27;;/h1-8,13,25-27H,9-12,14-15H2;2*1H. The minimum absolute atomic E-state index is 0. The van der Waals surface area contributed by atoms with E-state index in [2.05, 4.69) is 28.8 Å². The van der Waals surface area contributed by atoms with E-state index >= 15 is 0 Å². The Balaban J connectivity index is 0.00000225. The quantitative estimate of drug-likeness (QED) is 0.339. The average Bonchev–Trinajstić information content (AvgIpc) is 2.70. The molecule has 0 fully saturated rings. The van der Waals surface area contributed by atoms with Crippen molar-refractivity contribution in [2.75, 3.05) is 26.2 Å². The van der Waals surface area contributed by atoms with E-state index in [4.69, 9.17) is 33.0 Å². The van der Waals surface area contributed by atoms with Crippen molar-refractivity contribution < 1.29 is 9.84 Å². The van der Waals surface area contributed by atoms with Gasteiger partial charge in [0.2, 0.25) is 0 Å². The first kappa shape index (κ1) is 26.8. The molecule has 0 heterocycles. The van der Waals surface area contributed by atoms with Gasteiger partial charge in [0.1, 0.15) is 12.4 Å². The zero-order valence-electron chi connectivity index (χ0n) is 16.4. The van der Waals surface area contributed by atoms with Gasteiger partial charge in [0.25, 0.3) is 0 Å². The molecule has 0 saturated carbocycles. The molecule has 0 aliphatic rings. The van der Waals surface area contributed by atoms with Gasteiger partial charge < -0.3 is 20.5 Å². The summed E-state index contributed by atoms with van der Waals surface area (Å²) in [6.07, 6.45) is 0. The molecule has 0 radical (unpaired) electrons. The Morgan fingerprint density at radius 3 is 2.40 bits per heavy atom. The Morgan fingerprint density at radius 2 is 1.63 bits per heavy atom. The van der Waals surface area contributed by atoms with Crippen molar-refractivity contribution in [1.82, 2.24) is 10.6 Å². The molecule has 0 aliphatic carbocycles. The number of hydrogen-bond donors (Lipinski definition) is 3. The molecule has 0 saturated heterocycles. The third kappa shape index (κ3) is 7.47. The second-order valence-corrected chi connectivity index (χ2v) is 7.28. The van der Waals surface area contributed by atoms with Gasteiger partial charge in [-0.15, -0.1) is 24.8 Å². The molecule has 30 heavy (non-hydrogen) atoms. The van der Waals surface area contributed by atoms with Gasteiger partial charge in [-0.25, -0.2) is 0 Å². The highest BCUT2D eigenvalue weighted by Gasteiger charge is 2.10. The fourth-order valence-electron chi connectivity index (χ4n) is 3.02. The third-order valence-corrected chi connectivity index (χ3v) is 5.05. The molecule has 0 aliphatic heterocycles. The summed E-state index contributed by atoms with van der Waals surface area (Å²) in [6, 6.07) is 17.8. The maximum atomic E-state index is 8.83. The van der Waals surface area contributed by atoms with Gasteiger partial charge in [-0.05, 0) is 29.0 Å². The molecule has 8 heteroatoms. The van der Waals surface area contributed by atoms with Gasteiger partial charge in [0, 0.05) is 47.4 Å². The second kappa shape index (κ2) is 13.9. The minimum Gasteiger partial charge on any atom is -0.488 e. The molecule has 0 unspecified atom stereocenters. The van der Waals surface area contributed by atoms with E-state index in [1.54, 1.807) is 6.07 Å². The highest BCUT2D eigenvalue weighted by Crippen LogP contribution is 2.30. The number of ether oxygens (including phenoxy) is 1. The number of fused-ring (bicyclic) bond motifs is 1. The lowest BCUT2D eigenvalue weighted by molar-refractivity contribution is 0.292. The smallest absolute Gasteiger partial charge is 0.124 e. The number of aliphatic hydroxyl groups is 1. The first-order chi connectivity index (χ1) is 13.7. The fourth-order valence-corrected chi connectivity index (χ4v) is 3.49. The molecular formula is C22H26Cl4N2O2. The van der Waals surface area contributed by atoms with E-state index in [1.165, 1.54) is 5.39 Å². The van der Waals surface area contributed by atoms with Crippen molar-refractivity contribution in [2.24, 2.45) is 0 Å². The van der Waals surface area contributed by atoms with Crippen LogP contribution in [0.3, 0.4) is 0 Å². The van der Waals surface area contributed by atoms with Crippen molar-refractivity contribution in [2.45, 2.75) is 13.2 Å². The highest BCUT2D eigenvalue weighted by molar-refractivity contribution is 6.35. The monoisotopic (exact) mass is 490 g/mol. The van der Waals surface area contributed by atoms with Crippen molar-refractivity contribution >= 4 is 58.8 Å². The van der Waals surface area contributed by atoms with E-state index in [9.17, 15) is 0 Å². The zero-order chi connectivity index (χ0) is 19.8. The van der Waals surface area contributed by atoms with Crippen molar-refractivity contribution in [3.63, 3.8) is 0 Å². The third-order valence-electron chi connectivity index (χ3n) is 4.46. The Morgan fingerprint density at radius 1 is 0.867 bits per heavy atom. The summed E-state index contributed by atoms with van der Waals surface area (Å²) in [5.74, 6) is 0.834. The SMILES string of the molecule is Cl.Cl.OCCNCCNCc1c(OCc2ccc(Cl)cc2Cl)ccc2ccccc12. The lowest BCUT2D eigenvalue weighted by Crippen LogP contribution is -2.29. The maximum Gasteiger partial charge on any atom is 0.124 e. The van der Waals surface area contributed by atoms with E-state index in [0.29, 0.717) is 29.7 Å². The van der Waals surface area contributed by atoms with Crippen LogP contribution in [0.4, 0.5) is 0 Å². The summed E-state index contributed by atoms with van der Waals surface area (Å²) >= 11 is 12.2. The molecule has 0 aromatic heterocycles. The molecule has 3 rings (SSSR count). The Kier molecular flexibility index (Phi) is 12.5. The summed E-state index contributed by atoms with van der Waals surface area (Å²) in [4.78, 5) is 0. The van der Waals surface area contributed by atoms with Gasteiger partial charge in [0.15, 0.2) is 0 Å². The molecule has 0 bridgehead atoms. The average molecular weight is 492 g/mol. The van der Waals surface area contributed by atoms with Gasteiger partial charge in [0.05, 0.1) is 6.61 Å². The number of hydrogen-bond acceptors (Lipinski definition) is 4. The highest BCUT2D eigenvalue weighted by atomic mass is 35.5. The van der Waals surface area contributed by atoms with Crippen LogP contribution in [0.2, 0.25) is 10.0 Å². The van der Waals surface area contributed by atoms with Crippen LogP contribution < -0.4 is 15.4 Å². The predicted molar refractivity (Wildman–Crippen MR) is 131 cm³/mol. The molecule has 0 atom stereocenters. The van der Waals surface area contributed by atoms with Gasteiger partial charge in [-0.3, -0.25) is 0 Å². The van der Waals surface area contributed by atoms with Crippen LogP contribution in [0.1, 0.15) is 11.1 Å². The van der Waals surface area contributed by atoms with Gasteiger partial charge in [-0.2, -0.15) is 0 Å². The van der Waals surface area contributed by atoms with Crippen LogP contribution in [0.25, 0.3) is 10.8 Å². The molecule has 3 aromatic carbocycles. The minimum atomic E-state index is 0. The Hall–Kier alpha value is -1.24. The van der Waals surface area contributed by atoms with Crippen LogP contribution in [-0.2, 0) is 13.2 Å². The van der Waals surface area contributed by atoms with Crippen molar-refractivity contribution in [3.8, 4) is 5.75 Å². The van der Waals surface area contributed by atoms with E-state index in [0.717, 1.165) is 35.4 Å². The number of aliphatic hydroxyl groups excluding tert-OH is 1. The largest absolute Gasteiger partial charge is 0.488 e. The number of halogens is 4. The van der Waals surface area contributed by atoms with Crippen molar-refractivity contribution in [1.29, 1.82) is 0 Å². The number of nitrogens with one attached hydrogen (secondary N) is 2. The Bertz CT molecular complexity index is 925. The van der Waals surface area contributed by atoms with Crippen LogP contribution in [0.15, 0.2) is 54.6 Å². The second-order valence-electron chi connectivity index (χ2n) is 6.44. The van der Waals surface area contributed by atoms with Crippen LogP contribution >= 0.6 is 48.0 Å². The van der Waals surface area contributed by atoms with E-state index in [1.807, 2.05) is 30.3 Å². The van der Waals surface area contributed by atoms with E-state index in [-0.39, 0.29) is 31.4 Å². The Labute approximate surface area is 199 Å². The first-order valence-electron chi connectivity index (χ1n) is 9.28. The van der Waals surface area contributed by atoms with Crippen molar-refractivity contribution in [3.05, 3.63) is 75.8 Å². The van der Waals surface area contributed by atoms with Gasteiger partial charge >= 0.3 is 0 Å². The molecule has 4 nitrogen and oxygen atoms in total. The molecule has 3 aromatic rings. The topological polar surface area (TPSA) is 53.5 Å². The normalized spacial score (nSPS) is 10.4. The van der Waals surface area contributed by atoms with Crippen LogP contribution in [-0.4, -0.2) is 31.3 Å². The molecule has 3 N–H and O–H groups in total. The molecule has 0 amide bonds. The molecule has 0 spiro atoms. The predicted octanol–water partition coefficient (Wildman–Crippen LogP) is 5.24. The maximum absolute atomic E-state index is 8.83. The lowest BCUT2D eigenvalue weighted by atomic mass is 10.0. The summed E-state index contributed by atoms with van der Waals surface area (Å²) in [7, 11) is 0. The first-order valence-corrected chi connectivity index (χ1v) is 10.0. The zero-order valence-corrected chi connectivity index (χ0v) is 19.5. The summed E-state index contributed by atoms with van der Waals surface area (Å²) in [6.45, 7) is 3.40. The summed E-state index contributed by atoms with van der Waals surface area (Å²) < 4.78 is 6.13.